The number of hydrogen-bond acceptors (Lipinski definition) is 11. The summed E-state index contributed by atoms with van der Waals surface area (Å²) in [6.07, 6.45) is -15.7. The van der Waals surface area contributed by atoms with Crippen LogP contribution in [0.1, 0.15) is 0 Å². The van der Waals surface area contributed by atoms with E-state index in [2.05, 4.69) is 0 Å². The Balaban J connectivity index is 2.11. The predicted octanol–water partition coefficient (Wildman–Crippen LogP) is -5.40. The maximum atomic E-state index is 10.00. The molecule has 2 saturated heterocycles. The van der Waals surface area contributed by atoms with E-state index in [1.165, 1.54) is 0 Å². The van der Waals surface area contributed by atoms with E-state index in [0.29, 0.717) is 0 Å². The van der Waals surface area contributed by atoms with Gasteiger partial charge in [0.25, 0.3) is 0 Å². The molecule has 8 N–H and O–H groups in total. The molecule has 2 heterocycles. The summed E-state index contributed by atoms with van der Waals surface area (Å²) in [7, 11) is 0. The van der Waals surface area contributed by atoms with Gasteiger partial charge in [-0.15, -0.1) is 0 Å². The Bertz CT molecular complexity index is 380. The molecule has 10 atom stereocenters. The molecule has 0 radical (unpaired) electrons. The molecule has 2 aliphatic rings. The Hall–Kier alpha value is -0.440. The Labute approximate surface area is 130 Å². The highest BCUT2D eigenvalue weighted by atomic mass is 16.7. The van der Waals surface area contributed by atoms with E-state index in [1.807, 2.05) is 0 Å². The van der Waals surface area contributed by atoms with Gasteiger partial charge in [-0.05, 0) is 0 Å². The van der Waals surface area contributed by atoms with Crippen molar-refractivity contribution in [2.45, 2.75) is 61.4 Å². The van der Waals surface area contributed by atoms with Crippen LogP contribution in [-0.2, 0) is 14.2 Å². The second-order valence-corrected chi connectivity index (χ2v) is 5.53. The number of ether oxygens (including phenoxy) is 3. The fourth-order valence-electron chi connectivity index (χ4n) is 2.56. The zero-order valence-corrected chi connectivity index (χ0v) is 12.0. The molecular formula is C12H22O11. The normalized spacial score (nSPS) is 51.7. The molecule has 2 fully saturated rings. The summed E-state index contributed by atoms with van der Waals surface area (Å²) < 4.78 is 15.1. The van der Waals surface area contributed by atoms with Crippen molar-refractivity contribution in [2.24, 2.45) is 0 Å². The van der Waals surface area contributed by atoms with Crippen LogP contribution in [0.5, 0.6) is 0 Å². The molecule has 0 spiro atoms. The molecule has 11 nitrogen and oxygen atoms in total. The van der Waals surface area contributed by atoms with Gasteiger partial charge in [0.2, 0.25) is 0 Å². The minimum atomic E-state index is -1.76. The molecule has 11 heteroatoms. The highest BCUT2D eigenvalue weighted by Gasteiger charge is 2.50. The van der Waals surface area contributed by atoms with Crippen LogP contribution in [0.4, 0.5) is 0 Å². The summed E-state index contributed by atoms with van der Waals surface area (Å²) in [5.74, 6) is 0. The monoisotopic (exact) mass is 342 g/mol. The van der Waals surface area contributed by atoms with Crippen LogP contribution in [-0.4, -0.2) is 115 Å². The van der Waals surface area contributed by atoms with Crippen LogP contribution >= 0.6 is 0 Å². The summed E-state index contributed by atoms with van der Waals surface area (Å²) in [6.45, 7) is -1.34. The van der Waals surface area contributed by atoms with Gasteiger partial charge < -0.3 is 55.1 Å². The summed E-state index contributed by atoms with van der Waals surface area (Å²) in [4.78, 5) is 0. The van der Waals surface area contributed by atoms with Crippen molar-refractivity contribution < 1.29 is 55.1 Å². The minimum absolute atomic E-state index is 0.667. The van der Waals surface area contributed by atoms with Crippen LogP contribution in [0.3, 0.4) is 0 Å². The van der Waals surface area contributed by atoms with Gasteiger partial charge in [-0.25, -0.2) is 0 Å². The molecule has 0 bridgehead atoms. The van der Waals surface area contributed by atoms with Crippen molar-refractivity contribution in [3.05, 3.63) is 0 Å². The van der Waals surface area contributed by atoms with E-state index in [1.54, 1.807) is 0 Å². The average molecular weight is 342 g/mol. The van der Waals surface area contributed by atoms with Crippen molar-refractivity contribution in [1.82, 2.24) is 0 Å². The summed E-state index contributed by atoms with van der Waals surface area (Å²) in [5.41, 5.74) is 0. The molecule has 2 rings (SSSR count). The Kier molecular flexibility index (Phi) is 6.27. The molecule has 2 aliphatic heterocycles. The summed E-state index contributed by atoms with van der Waals surface area (Å²) in [5, 5.41) is 76.8. The minimum Gasteiger partial charge on any atom is -0.394 e. The van der Waals surface area contributed by atoms with Crippen LogP contribution in [0.15, 0.2) is 0 Å². The fraction of sp³-hybridized carbons (Fsp3) is 1.00. The zero-order valence-electron chi connectivity index (χ0n) is 12.0. The second-order valence-electron chi connectivity index (χ2n) is 5.53. The molecule has 23 heavy (non-hydrogen) atoms. The standard InChI is InChI=1S/C12H22O11/c13-1-3-5(15)7(17)8(18)12(22-3)23-10-6(16)4(2-14)21-11(20)9(10)19/h3-20H,1-2H2/t3-,4-,5-,6-,7+,8-,9+,10+,11+,12+/m1/s1. The van der Waals surface area contributed by atoms with E-state index in [0.717, 1.165) is 0 Å². The fourth-order valence-corrected chi connectivity index (χ4v) is 2.56. The van der Waals surface area contributed by atoms with Crippen molar-refractivity contribution in [3.63, 3.8) is 0 Å². The topological polar surface area (TPSA) is 190 Å². The molecule has 136 valence electrons. The third-order valence-corrected chi connectivity index (χ3v) is 3.98. The first-order valence-electron chi connectivity index (χ1n) is 7.08. The molecule has 0 saturated carbocycles. The maximum absolute atomic E-state index is 10.00. The SMILES string of the molecule is OC[C@H]1O[C@@H](O[C@@H]2[C@H](O)[C@@H](O)O[C@H](CO)[C@H]2O)[C@H](O)[C@@H](O)[C@@H]1O. The molecule has 0 amide bonds. The molecule has 0 unspecified atom stereocenters. The van der Waals surface area contributed by atoms with Crippen molar-refractivity contribution in [3.8, 4) is 0 Å². The average Bonchev–Trinajstić information content (AvgIpc) is 2.54. The Morgan fingerprint density at radius 3 is 1.78 bits per heavy atom. The lowest BCUT2D eigenvalue weighted by Gasteiger charge is -2.45. The van der Waals surface area contributed by atoms with Gasteiger partial charge in [0.15, 0.2) is 12.6 Å². The van der Waals surface area contributed by atoms with Gasteiger partial charge in [-0.3, -0.25) is 0 Å². The van der Waals surface area contributed by atoms with Crippen molar-refractivity contribution in [2.75, 3.05) is 13.2 Å². The van der Waals surface area contributed by atoms with Crippen LogP contribution in [0, 0.1) is 0 Å². The highest BCUT2D eigenvalue weighted by molar-refractivity contribution is 4.93. The Morgan fingerprint density at radius 1 is 0.652 bits per heavy atom. The van der Waals surface area contributed by atoms with Crippen LogP contribution in [0.2, 0.25) is 0 Å². The highest BCUT2D eigenvalue weighted by Crippen LogP contribution is 2.28. The molecule has 0 aromatic heterocycles. The van der Waals surface area contributed by atoms with Gasteiger partial charge in [-0.1, -0.05) is 0 Å². The van der Waals surface area contributed by atoms with Crippen LogP contribution in [0.25, 0.3) is 0 Å². The predicted molar refractivity (Wildman–Crippen MR) is 68.6 cm³/mol. The largest absolute Gasteiger partial charge is 0.394 e. The second kappa shape index (κ2) is 7.63. The first-order valence-corrected chi connectivity index (χ1v) is 7.08. The quantitative estimate of drug-likeness (QED) is 0.243. The number of rotatable bonds is 4. The number of aliphatic hydroxyl groups is 8. The van der Waals surface area contributed by atoms with Gasteiger partial charge in [-0.2, -0.15) is 0 Å². The number of aliphatic hydroxyl groups excluding tert-OH is 8. The van der Waals surface area contributed by atoms with Gasteiger partial charge in [0.05, 0.1) is 13.2 Å². The van der Waals surface area contributed by atoms with E-state index >= 15 is 0 Å². The van der Waals surface area contributed by atoms with Gasteiger partial charge in [0, 0.05) is 0 Å². The maximum Gasteiger partial charge on any atom is 0.187 e. The lowest BCUT2D eigenvalue weighted by atomic mass is 9.97. The summed E-state index contributed by atoms with van der Waals surface area (Å²) >= 11 is 0. The molecular weight excluding hydrogens is 320 g/mol. The first kappa shape index (κ1) is 18.9. The summed E-state index contributed by atoms with van der Waals surface area (Å²) in [6, 6.07) is 0. The zero-order chi connectivity index (χ0) is 17.3. The lowest BCUT2D eigenvalue weighted by molar-refractivity contribution is -0.355. The Morgan fingerprint density at radius 2 is 1.22 bits per heavy atom. The molecule has 0 aliphatic carbocycles. The number of hydrogen-bond donors (Lipinski definition) is 8. The van der Waals surface area contributed by atoms with Crippen molar-refractivity contribution in [1.29, 1.82) is 0 Å². The van der Waals surface area contributed by atoms with Crippen LogP contribution < -0.4 is 0 Å². The molecule has 0 aromatic rings. The smallest absolute Gasteiger partial charge is 0.187 e. The first-order chi connectivity index (χ1) is 10.8. The van der Waals surface area contributed by atoms with E-state index in [-0.39, 0.29) is 0 Å². The third kappa shape index (κ3) is 3.65. The molecule has 0 aromatic carbocycles. The lowest BCUT2D eigenvalue weighted by Crippen LogP contribution is -2.64. The van der Waals surface area contributed by atoms with Gasteiger partial charge in [0.1, 0.15) is 48.8 Å². The van der Waals surface area contributed by atoms with Gasteiger partial charge >= 0.3 is 0 Å². The van der Waals surface area contributed by atoms with Crippen molar-refractivity contribution >= 4 is 0 Å². The van der Waals surface area contributed by atoms with E-state index < -0.39 is 74.6 Å². The van der Waals surface area contributed by atoms with E-state index in [9.17, 15) is 30.6 Å². The third-order valence-electron chi connectivity index (χ3n) is 3.98. The van der Waals surface area contributed by atoms with E-state index in [4.69, 9.17) is 24.4 Å².